The second kappa shape index (κ2) is 13.4. The van der Waals surface area contributed by atoms with Gasteiger partial charge in [-0.1, -0.05) is 6.07 Å². The molecular weight excluding hydrogens is 538 g/mol. The minimum absolute atomic E-state index is 0.123. The van der Waals surface area contributed by atoms with Crippen LogP contribution in [0, 0.1) is 5.41 Å². The monoisotopic (exact) mass is 564 g/mol. The first-order chi connectivity index (χ1) is 18.1. The van der Waals surface area contributed by atoms with Crippen molar-refractivity contribution in [1.29, 1.82) is 0 Å². The second-order valence-corrected chi connectivity index (χ2v) is 9.00. The maximum absolute atomic E-state index is 12.8. The molecule has 0 aliphatic carbocycles. The van der Waals surface area contributed by atoms with Crippen LogP contribution in [-0.4, -0.2) is 86.4 Å². The highest BCUT2D eigenvalue weighted by Crippen LogP contribution is 2.39. The Bertz CT molecular complexity index is 1080. The minimum Gasteiger partial charge on any atom is -0.475 e. The number of rotatable bonds is 3. The van der Waals surface area contributed by atoms with E-state index in [4.69, 9.17) is 19.8 Å². The van der Waals surface area contributed by atoms with Gasteiger partial charge < -0.3 is 15.1 Å². The average molecular weight is 564 g/mol. The maximum Gasteiger partial charge on any atom is 0.490 e. The molecule has 0 saturated carbocycles. The van der Waals surface area contributed by atoms with E-state index in [9.17, 15) is 31.1 Å². The summed E-state index contributed by atoms with van der Waals surface area (Å²) in [4.78, 5) is 43.4. The van der Waals surface area contributed by atoms with Crippen LogP contribution in [0.15, 0.2) is 49.1 Å². The number of likely N-dealkylation sites (tertiary alicyclic amines) is 2. The van der Waals surface area contributed by atoms with Crippen molar-refractivity contribution in [1.82, 2.24) is 19.8 Å². The number of carboxylic acid groups (broad SMARTS) is 2. The van der Waals surface area contributed by atoms with Crippen molar-refractivity contribution in [3.8, 4) is 0 Å². The molecule has 2 N–H and O–H groups in total. The Kier molecular flexibility index (Phi) is 10.8. The summed E-state index contributed by atoms with van der Waals surface area (Å²) in [6.07, 6.45) is 0.459. The Hall–Kier alpha value is -3.75. The molecule has 2 aliphatic heterocycles. The standard InChI is InChI=1S/C20H24N4O.2C2HF3O2/c25-19(18-5-2-9-22-13-18)24-10-3-6-20(16-24)7-11-23(15-20)14-17-4-1-8-21-12-17;2*3-2(4,5)1(6)7/h1-2,4-5,8-9,12-13H,3,6-7,10-11,14-16H2;2*(H,6,7). The van der Waals surface area contributed by atoms with Gasteiger partial charge in [0.25, 0.3) is 5.91 Å². The van der Waals surface area contributed by atoms with E-state index in [-0.39, 0.29) is 11.3 Å². The normalized spacial score (nSPS) is 19.4. The van der Waals surface area contributed by atoms with Gasteiger partial charge in [0.15, 0.2) is 0 Å². The number of amides is 1. The molecule has 2 fully saturated rings. The fourth-order valence-electron chi connectivity index (χ4n) is 4.30. The van der Waals surface area contributed by atoms with Gasteiger partial charge in [-0.2, -0.15) is 26.3 Å². The number of carboxylic acids is 2. The van der Waals surface area contributed by atoms with Crippen molar-refractivity contribution < 1.29 is 50.9 Å². The van der Waals surface area contributed by atoms with Crippen LogP contribution in [0.25, 0.3) is 0 Å². The van der Waals surface area contributed by atoms with E-state index in [1.165, 1.54) is 18.4 Å². The maximum atomic E-state index is 12.8. The number of aliphatic carboxylic acids is 2. The Morgan fingerprint density at radius 3 is 1.90 bits per heavy atom. The van der Waals surface area contributed by atoms with Gasteiger partial charge in [-0.3, -0.25) is 19.7 Å². The van der Waals surface area contributed by atoms with Gasteiger partial charge in [0.2, 0.25) is 0 Å². The first-order valence-corrected chi connectivity index (χ1v) is 11.5. The van der Waals surface area contributed by atoms with Crippen molar-refractivity contribution in [3.05, 3.63) is 60.2 Å². The zero-order valence-corrected chi connectivity index (χ0v) is 20.5. The van der Waals surface area contributed by atoms with Gasteiger partial charge in [0.1, 0.15) is 0 Å². The van der Waals surface area contributed by atoms with Gasteiger partial charge in [0.05, 0.1) is 5.56 Å². The number of piperidine rings is 1. The number of nitrogens with zero attached hydrogens (tertiary/aromatic N) is 4. The molecule has 0 aromatic carbocycles. The van der Waals surface area contributed by atoms with Crippen molar-refractivity contribution >= 4 is 17.8 Å². The van der Waals surface area contributed by atoms with Crippen LogP contribution in [0.4, 0.5) is 26.3 Å². The molecule has 2 aromatic heterocycles. The van der Waals surface area contributed by atoms with Crippen LogP contribution in [-0.2, 0) is 16.1 Å². The number of aromatic nitrogens is 2. The summed E-state index contributed by atoms with van der Waals surface area (Å²) in [5.74, 6) is -5.39. The molecule has 2 saturated heterocycles. The Morgan fingerprint density at radius 2 is 1.41 bits per heavy atom. The summed E-state index contributed by atoms with van der Waals surface area (Å²) in [7, 11) is 0. The predicted molar refractivity (Wildman–Crippen MR) is 123 cm³/mol. The Morgan fingerprint density at radius 1 is 0.846 bits per heavy atom. The van der Waals surface area contributed by atoms with Crippen LogP contribution in [0.1, 0.15) is 35.2 Å². The van der Waals surface area contributed by atoms with Crippen molar-refractivity contribution in [2.45, 2.75) is 38.2 Å². The summed E-state index contributed by atoms with van der Waals surface area (Å²) in [6, 6.07) is 7.82. The van der Waals surface area contributed by atoms with Gasteiger partial charge in [-0.25, -0.2) is 9.59 Å². The lowest BCUT2D eigenvalue weighted by atomic mass is 9.79. The fourth-order valence-corrected chi connectivity index (χ4v) is 4.30. The molecule has 1 spiro atoms. The van der Waals surface area contributed by atoms with E-state index in [1.807, 2.05) is 35.5 Å². The number of carbonyl (C=O) groups is 3. The molecule has 214 valence electrons. The summed E-state index contributed by atoms with van der Waals surface area (Å²) < 4.78 is 63.5. The third-order valence-corrected chi connectivity index (χ3v) is 5.99. The molecule has 0 bridgehead atoms. The van der Waals surface area contributed by atoms with Crippen molar-refractivity contribution in [2.24, 2.45) is 5.41 Å². The molecule has 1 amide bonds. The van der Waals surface area contributed by atoms with E-state index in [0.717, 1.165) is 39.1 Å². The molecule has 1 atom stereocenters. The molecule has 39 heavy (non-hydrogen) atoms. The zero-order valence-electron chi connectivity index (χ0n) is 20.5. The highest BCUT2D eigenvalue weighted by atomic mass is 19.4. The van der Waals surface area contributed by atoms with Crippen LogP contribution < -0.4 is 0 Å². The summed E-state index contributed by atoms with van der Waals surface area (Å²) in [6.45, 7) is 4.84. The molecule has 4 heterocycles. The molecule has 1 unspecified atom stereocenters. The summed E-state index contributed by atoms with van der Waals surface area (Å²) >= 11 is 0. The number of halogens is 6. The molecule has 2 aromatic rings. The van der Waals surface area contributed by atoms with Gasteiger partial charge in [0, 0.05) is 56.4 Å². The third kappa shape index (κ3) is 10.1. The summed E-state index contributed by atoms with van der Waals surface area (Å²) in [5, 5.41) is 14.2. The molecule has 2 aliphatic rings. The minimum atomic E-state index is -5.08. The van der Waals surface area contributed by atoms with Gasteiger partial charge in [-0.05, 0) is 49.6 Å². The Labute approximate surface area is 219 Å². The summed E-state index contributed by atoms with van der Waals surface area (Å²) in [5.41, 5.74) is 2.21. The number of alkyl halides is 6. The van der Waals surface area contributed by atoms with Crippen LogP contribution in [0.5, 0.6) is 0 Å². The molecule has 9 nitrogen and oxygen atoms in total. The zero-order chi connectivity index (χ0) is 29.3. The van der Waals surface area contributed by atoms with E-state index < -0.39 is 24.3 Å². The van der Waals surface area contributed by atoms with Crippen molar-refractivity contribution in [3.63, 3.8) is 0 Å². The lowest BCUT2D eigenvalue weighted by Gasteiger charge is -2.40. The molecule has 0 radical (unpaired) electrons. The molecule has 4 rings (SSSR count). The molecule has 15 heteroatoms. The van der Waals surface area contributed by atoms with Crippen LogP contribution >= 0.6 is 0 Å². The average Bonchev–Trinajstić information content (AvgIpc) is 3.25. The largest absolute Gasteiger partial charge is 0.490 e. The highest BCUT2D eigenvalue weighted by molar-refractivity contribution is 5.94. The van der Waals surface area contributed by atoms with E-state index in [2.05, 4.69) is 20.9 Å². The first-order valence-electron chi connectivity index (χ1n) is 11.5. The van der Waals surface area contributed by atoms with Crippen molar-refractivity contribution in [2.75, 3.05) is 26.2 Å². The topological polar surface area (TPSA) is 124 Å². The van der Waals surface area contributed by atoms with E-state index in [0.29, 0.717) is 5.56 Å². The van der Waals surface area contributed by atoms with E-state index in [1.54, 1.807) is 12.4 Å². The van der Waals surface area contributed by atoms with Gasteiger partial charge in [-0.15, -0.1) is 0 Å². The lowest BCUT2D eigenvalue weighted by molar-refractivity contribution is -0.193. The van der Waals surface area contributed by atoms with Crippen LogP contribution in [0.3, 0.4) is 0 Å². The smallest absolute Gasteiger partial charge is 0.475 e. The number of hydrogen-bond acceptors (Lipinski definition) is 6. The predicted octanol–water partition coefficient (Wildman–Crippen LogP) is 3.87. The van der Waals surface area contributed by atoms with E-state index >= 15 is 0 Å². The SMILES string of the molecule is O=C(O)C(F)(F)F.O=C(O)C(F)(F)F.O=C(c1cccnc1)N1CCCC2(CCN(Cc3cccnc3)C2)C1. The number of carbonyl (C=O) groups excluding carboxylic acids is 1. The van der Waals surface area contributed by atoms with Gasteiger partial charge >= 0.3 is 24.3 Å². The lowest BCUT2D eigenvalue weighted by Crippen LogP contribution is -2.47. The number of hydrogen-bond donors (Lipinski definition) is 2. The third-order valence-electron chi connectivity index (χ3n) is 5.99. The van der Waals surface area contributed by atoms with Crippen LogP contribution in [0.2, 0.25) is 0 Å². The second-order valence-electron chi connectivity index (χ2n) is 9.00. The molecular formula is C24H26F6N4O5. The Balaban J connectivity index is 0.000000317. The quantitative estimate of drug-likeness (QED) is 0.539. The fraction of sp³-hybridized carbons (Fsp3) is 0.458. The first kappa shape index (κ1) is 31.5. The number of pyridine rings is 2. The highest BCUT2D eigenvalue weighted by Gasteiger charge is 2.42.